The van der Waals surface area contributed by atoms with Crippen molar-refractivity contribution in [3.8, 4) is 11.5 Å². The lowest BCUT2D eigenvalue weighted by Crippen LogP contribution is -2.41. The van der Waals surface area contributed by atoms with Crippen molar-refractivity contribution < 1.29 is 24.5 Å². The molecule has 0 spiro atoms. The van der Waals surface area contributed by atoms with Crippen molar-refractivity contribution in [2.45, 2.75) is 25.6 Å². The van der Waals surface area contributed by atoms with Gasteiger partial charge in [0.1, 0.15) is 11.5 Å². The second-order valence-electron chi connectivity index (χ2n) is 4.90. The number of carbonyl (C=O) groups is 1. The Morgan fingerprint density at radius 1 is 1.43 bits per heavy atom. The number of nitrogens with one attached hydrogen (secondary N) is 1. The van der Waals surface area contributed by atoms with Crippen molar-refractivity contribution in [3.63, 3.8) is 0 Å². The Labute approximate surface area is 122 Å². The van der Waals surface area contributed by atoms with E-state index in [0.29, 0.717) is 18.8 Å². The summed E-state index contributed by atoms with van der Waals surface area (Å²) in [6.45, 7) is 2.84. The SMILES string of the molecule is CC1(CC(=O)N/N=C\c2ccc(O)cc2O)OCCCO1. The van der Waals surface area contributed by atoms with E-state index < -0.39 is 5.79 Å². The molecule has 0 aromatic heterocycles. The van der Waals surface area contributed by atoms with Gasteiger partial charge < -0.3 is 19.7 Å². The maximum Gasteiger partial charge on any atom is 0.245 e. The molecule has 1 heterocycles. The Morgan fingerprint density at radius 2 is 2.14 bits per heavy atom. The first-order chi connectivity index (χ1) is 9.98. The van der Waals surface area contributed by atoms with Crippen LogP contribution in [-0.4, -0.2) is 41.3 Å². The summed E-state index contributed by atoms with van der Waals surface area (Å²) in [6, 6.07) is 4.08. The van der Waals surface area contributed by atoms with E-state index in [-0.39, 0.29) is 23.8 Å². The lowest BCUT2D eigenvalue weighted by Gasteiger charge is -2.33. The zero-order chi connectivity index (χ0) is 15.3. The molecule has 7 heteroatoms. The van der Waals surface area contributed by atoms with Crippen molar-refractivity contribution in [1.29, 1.82) is 0 Å². The normalized spacial score (nSPS) is 17.8. The summed E-state index contributed by atoms with van der Waals surface area (Å²) in [4.78, 5) is 11.8. The lowest BCUT2D eigenvalue weighted by molar-refractivity contribution is -0.256. The first-order valence-electron chi connectivity index (χ1n) is 6.60. The summed E-state index contributed by atoms with van der Waals surface area (Å²) in [6.07, 6.45) is 2.14. The summed E-state index contributed by atoms with van der Waals surface area (Å²) >= 11 is 0. The maximum atomic E-state index is 11.8. The molecule has 1 aliphatic heterocycles. The minimum absolute atomic E-state index is 0.0336. The molecule has 1 aromatic rings. The van der Waals surface area contributed by atoms with Crippen molar-refractivity contribution in [3.05, 3.63) is 23.8 Å². The third-order valence-corrected chi connectivity index (χ3v) is 2.99. The van der Waals surface area contributed by atoms with Gasteiger partial charge in [-0.2, -0.15) is 5.10 Å². The Bertz CT molecular complexity index is 538. The second-order valence-corrected chi connectivity index (χ2v) is 4.90. The number of aromatic hydroxyl groups is 2. The molecule has 3 N–H and O–H groups in total. The lowest BCUT2D eigenvalue weighted by atomic mass is 10.2. The minimum atomic E-state index is -0.918. The molecule has 0 atom stereocenters. The molecule has 0 bridgehead atoms. The number of benzene rings is 1. The van der Waals surface area contributed by atoms with Crippen LogP contribution in [0.3, 0.4) is 0 Å². The minimum Gasteiger partial charge on any atom is -0.508 e. The number of hydrazone groups is 1. The molecule has 1 amide bonds. The van der Waals surface area contributed by atoms with Crippen molar-refractivity contribution in [1.82, 2.24) is 5.43 Å². The Kier molecular flexibility index (Phi) is 4.77. The number of phenols is 2. The molecule has 114 valence electrons. The molecule has 1 aliphatic rings. The van der Waals surface area contributed by atoms with E-state index in [9.17, 15) is 9.90 Å². The van der Waals surface area contributed by atoms with Gasteiger partial charge in [0.15, 0.2) is 5.79 Å². The molecule has 0 unspecified atom stereocenters. The number of nitrogens with zero attached hydrogens (tertiary/aromatic N) is 1. The van der Waals surface area contributed by atoms with Gasteiger partial charge >= 0.3 is 0 Å². The van der Waals surface area contributed by atoms with Gasteiger partial charge in [0.2, 0.25) is 5.91 Å². The summed E-state index contributed by atoms with van der Waals surface area (Å²) in [5.74, 6) is -1.44. The van der Waals surface area contributed by atoms with E-state index in [1.165, 1.54) is 24.4 Å². The van der Waals surface area contributed by atoms with Crippen LogP contribution in [0.2, 0.25) is 0 Å². The van der Waals surface area contributed by atoms with E-state index in [0.717, 1.165) is 6.42 Å². The highest BCUT2D eigenvalue weighted by Gasteiger charge is 2.31. The monoisotopic (exact) mass is 294 g/mol. The quantitative estimate of drug-likeness (QED) is 0.570. The maximum absolute atomic E-state index is 11.8. The molecule has 7 nitrogen and oxygen atoms in total. The van der Waals surface area contributed by atoms with E-state index in [2.05, 4.69) is 10.5 Å². The van der Waals surface area contributed by atoms with Crippen LogP contribution in [0.25, 0.3) is 0 Å². The number of hydrogen-bond donors (Lipinski definition) is 3. The van der Waals surface area contributed by atoms with Crippen LogP contribution in [0.5, 0.6) is 11.5 Å². The highest BCUT2D eigenvalue weighted by atomic mass is 16.7. The Morgan fingerprint density at radius 3 is 2.81 bits per heavy atom. The van der Waals surface area contributed by atoms with E-state index in [1.807, 2.05) is 0 Å². The molecule has 0 saturated carbocycles. The van der Waals surface area contributed by atoms with Gasteiger partial charge in [-0.05, 0) is 25.5 Å². The van der Waals surface area contributed by atoms with Gasteiger partial charge in [-0.3, -0.25) is 4.79 Å². The molecular formula is C14H18N2O5. The molecule has 21 heavy (non-hydrogen) atoms. The van der Waals surface area contributed by atoms with Crippen molar-refractivity contribution >= 4 is 12.1 Å². The van der Waals surface area contributed by atoms with Gasteiger partial charge in [0.25, 0.3) is 0 Å². The number of hydrogen-bond acceptors (Lipinski definition) is 6. The zero-order valence-electron chi connectivity index (χ0n) is 11.7. The number of rotatable bonds is 4. The number of amides is 1. The van der Waals surface area contributed by atoms with E-state index >= 15 is 0 Å². The van der Waals surface area contributed by atoms with Crippen molar-refractivity contribution in [2.75, 3.05) is 13.2 Å². The van der Waals surface area contributed by atoms with E-state index in [1.54, 1.807) is 6.92 Å². The van der Waals surface area contributed by atoms with Gasteiger partial charge in [-0.1, -0.05) is 0 Å². The second kappa shape index (κ2) is 6.55. The highest BCUT2D eigenvalue weighted by Crippen LogP contribution is 2.22. The largest absolute Gasteiger partial charge is 0.508 e. The van der Waals surface area contributed by atoms with Crippen LogP contribution in [0.4, 0.5) is 0 Å². The van der Waals surface area contributed by atoms with Crippen LogP contribution in [0.15, 0.2) is 23.3 Å². The van der Waals surface area contributed by atoms with Gasteiger partial charge in [-0.25, -0.2) is 5.43 Å². The average Bonchev–Trinajstić information content (AvgIpc) is 2.41. The van der Waals surface area contributed by atoms with Gasteiger partial charge in [0, 0.05) is 11.6 Å². The van der Waals surface area contributed by atoms with Crippen LogP contribution in [0, 0.1) is 0 Å². The molecule has 1 saturated heterocycles. The topological polar surface area (TPSA) is 100 Å². The Hall–Kier alpha value is -2.12. The smallest absolute Gasteiger partial charge is 0.245 e. The fourth-order valence-electron chi connectivity index (χ4n) is 1.93. The average molecular weight is 294 g/mol. The number of phenolic OH excluding ortho intramolecular Hbond substituents is 2. The zero-order valence-corrected chi connectivity index (χ0v) is 11.7. The summed E-state index contributed by atoms with van der Waals surface area (Å²) in [5.41, 5.74) is 2.72. The molecule has 0 aliphatic carbocycles. The number of carbonyl (C=O) groups excluding carboxylic acids is 1. The van der Waals surface area contributed by atoms with Gasteiger partial charge in [0.05, 0.1) is 25.8 Å². The standard InChI is InChI=1S/C14H18N2O5/c1-14(20-5-2-6-21-14)8-13(19)16-15-9-10-3-4-11(17)7-12(10)18/h3-4,7,9,17-18H,2,5-6,8H2,1H3,(H,16,19)/b15-9-. The van der Waals surface area contributed by atoms with Crippen molar-refractivity contribution in [2.24, 2.45) is 5.10 Å². The third-order valence-electron chi connectivity index (χ3n) is 2.99. The fourth-order valence-corrected chi connectivity index (χ4v) is 1.93. The highest BCUT2D eigenvalue weighted by molar-refractivity contribution is 5.85. The van der Waals surface area contributed by atoms with Crippen LogP contribution in [0.1, 0.15) is 25.3 Å². The van der Waals surface area contributed by atoms with E-state index in [4.69, 9.17) is 14.6 Å². The first-order valence-corrected chi connectivity index (χ1v) is 6.60. The molecule has 2 rings (SSSR count). The Balaban J connectivity index is 1.87. The molecule has 0 radical (unpaired) electrons. The predicted octanol–water partition coefficient (Wildman–Crippen LogP) is 1.09. The number of ether oxygens (including phenoxy) is 2. The third kappa shape index (κ3) is 4.44. The van der Waals surface area contributed by atoms with Crippen LogP contribution >= 0.6 is 0 Å². The molecule has 1 aromatic carbocycles. The van der Waals surface area contributed by atoms with Gasteiger partial charge in [-0.15, -0.1) is 0 Å². The molecule has 1 fully saturated rings. The summed E-state index contributed by atoms with van der Waals surface area (Å²) < 4.78 is 10.9. The summed E-state index contributed by atoms with van der Waals surface area (Å²) in [5, 5.41) is 22.5. The fraction of sp³-hybridized carbons (Fsp3) is 0.429. The van der Waals surface area contributed by atoms with Crippen LogP contribution < -0.4 is 5.43 Å². The first kappa shape index (κ1) is 15.3. The summed E-state index contributed by atoms with van der Waals surface area (Å²) in [7, 11) is 0. The molecular weight excluding hydrogens is 276 g/mol. The van der Waals surface area contributed by atoms with Crippen LogP contribution in [-0.2, 0) is 14.3 Å². The predicted molar refractivity (Wildman–Crippen MR) is 75.1 cm³/mol.